The van der Waals surface area contributed by atoms with Gasteiger partial charge < -0.3 is 0 Å². The monoisotopic (exact) mass is 167 g/mol. The molecule has 0 spiro atoms. The molecule has 0 aliphatic carbocycles. The van der Waals surface area contributed by atoms with E-state index in [1.807, 2.05) is 20.8 Å². The van der Waals surface area contributed by atoms with Crippen molar-refractivity contribution in [1.29, 1.82) is 0 Å². The summed E-state index contributed by atoms with van der Waals surface area (Å²) in [6, 6.07) is 0. The van der Waals surface area contributed by atoms with Gasteiger partial charge in [-0.15, -0.1) is 4.91 Å². The zero-order valence-electron chi connectivity index (χ0n) is 7.80. The molecule has 0 unspecified atom stereocenters. The first-order valence-electron chi connectivity index (χ1n) is 3.85. The molecule has 1 heterocycles. The molecule has 1 N–H and O–H groups in total. The Labute approximate surface area is 71.3 Å². The first kappa shape index (κ1) is 8.90. The van der Waals surface area contributed by atoms with Crippen molar-refractivity contribution in [1.82, 2.24) is 10.2 Å². The van der Waals surface area contributed by atoms with E-state index >= 15 is 0 Å². The van der Waals surface area contributed by atoms with Gasteiger partial charge in [-0.2, -0.15) is 5.10 Å². The highest BCUT2D eigenvalue weighted by atomic mass is 16.3. The second kappa shape index (κ2) is 2.69. The molecule has 0 bridgehead atoms. The van der Waals surface area contributed by atoms with Crippen LogP contribution in [0.15, 0.2) is 5.18 Å². The average molecular weight is 167 g/mol. The summed E-state index contributed by atoms with van der Waals surface area (Å²) < 4.78 is 0. The second-order valence-electron chi connectivity index (χ2n) is 3.89. The van der Waals surface area contributed by atoms with E-state index in [0.29, 0.717) is 5.69 Å². The van der Waals surface area contributed by atoms with Crippen molar-refractivity contribution in [2.45, 2.75) is 33.1 Å². The van der Waals surface area contributed by atoms with Gasteiger partial charge in [0.05, 0.1) is 11.4 Å². The van der Waals surface area contributed by atoms with Gasteiger partial charge in [-0.1, -0.05) is 20.8 Å². The van der Waals surface area contributed by atoms with E-state index in [4.69, 9.17) is 0 Å². The third-order valence-electron chi connectivity index (χ3n) is 1.72. The summed E-state index contributed by atoms with van der Waals surface area (Å²) in [5.74, 6) is 0. The maximum absolute atomic E-state index is 10.4. The Balaban J connectivity index is 3.25. The molecular weight excluding hydrogens is 154 g/mol. The van der Waals surface area contributed by atoms with Crippen LogP contribution in [0, 0.1) is 11.8 Å². The number of nitrogens with zero attached hydrogens (tertiary/aromatic N) is 2. The van der Waals surface area contributed by atoms with Crippen LogP contribution in [0.5, 0.6) is 0 Å². The first-order chi connectivity index (χ1) is 5.46. The van der Waals surface area contributed by atoms with Crippen molar-refractivity contribution >= 4 is 5.69 Å². The number of aromatic amines is 1. The lowest BCUT2D eigenvalue weighted by Crippen LogP contribution is -2.11. The van der Waals surface area contributed by atoms with Gasteiger partial charge in [0, 0.05) is 5.41 Å². The van der Waals surface area contributed by atoms with E-state index in [0.717, 1.165) is 11.4 Å². The molecule has 1 aromatic rings. The molecule has 4 heteroatoms. The van der Waals surface area contributed by atoms with Gasteiger partial charge in [0.2, 0.25) is 0 Å². The lowest BCUT2D eigenvalue weighted by atomic mass is 9.91. The van der Waals surface area contributed by atoms with Crippen molar-refractivity contribution in [2.75, 3.05) is 0 Å². The van der Waals surface area contributed by atoms with Gasteiger partial charge in [0.1, 0.15) is 0 Å². The highest BCUT2D eigenvalue weighted by Crippen LogP contribution is 2.31. The van der Waals surface area contributed by atoms with E-state index in [1.54, 1.807) is 6.92 Å². The molecule has 0 radical (unpaired) electrons. The molecule has 12 heavy (non-hydrogen) atoms. The molecule has 0 fully saturated rings. The SMILES string of the molecule is Cc1[nH]nc(C(C)(C)C)c1N=O. The highest BCUT2D eigenvalue weighted by Gasteiger charge is 2.23. The standard InChI is InChI=1S/C8H13N3O/c1-5-6(11-12)7(10-9-5)8(2,3)4/h1-4H3,(H,9,10). The Kier molecular flexibility index (Phi) is 2.00. The molecule has 0 saturated heterocycles. The maximum Gasteiger partial charge on any atom is 0.152 e. The normalized spacial score (nSPS) is 11.7. The predicted octanol–water partition coefficient (Wildman–Crippen LogP) is 2.41. The minimum Gasteiger partial charge on any atom is -0.280 e. The molecule has 0 aromatic carbocycles. The predicted molar refractivity (Wildman–Crippen MR) is 47.5 cm³/mol. The summed E-state index contributed by atoms with van der Waals surface area (Å²) in [5.41, 5.74) is 1.78. The van der Waals surface area contributed by atoms with Crippen molar-refractivity contribution in [3.8, 4) is 0 Å². The second-order valence-corrected chi connectivity index (χ2v) is 3.89. The van der Waals surface area contributed by atoms with Gasteiger partial charge in [-0.05, 0) is 12.1 Å². The molecule has 0 aliphatic heterocycles. The number of nitroso groups, excluding NO2 is 1. The molecule has 4 nitrogen and oxygen atoms in total. The van der Waals surface area contributed by atoms with Gasteiger partial charge >= 0.3 is 0 Å². The van der Waals surface area contributed by atoms with Gasteiger partial charge in [0.25, 0.3) is 0 Å². The van der Waals surface area contributed by atoms with E-state index < -0.39 is 0 Å². The molecule has 0 atom stereocenters. The zero-order chi connectivity index (χ0) is 9.35. The highest BCUT2D eigenvalue weighted by molar-refractivity contribution is 5.48. The smallest absolute Gasteiger partial charge is 0.152 e. The van der Waals surface area contributed by atoms with Gasteiger partial charge in [-0.3, -0.25) is 5.10 Å². The van der Waals surface area contributed by atoms with Crippen molar-refractivity contribution < 1.29 is 0 Å². The van der Waals surface area contributed by atoms with E-state index in [-0.39, 0.29) is 5.41 Å². The molecule has 0 aliphatic rings. The molecule has 0 saturated carbocycles. The van der Waals surface area contributed by atoms with Crippen molar-refractivity contribution in [3.05, 3.63) is 16.3 Å². The van der Waals surface area contributed by atoms with Crippen LogP contribution < -0.4 is 0 Å². The lowest BCUT2D eigenvalue weighted by molar-refractivity contribution is 0.568. The Morgan fingerprint density at radius 2 is 2.00 bits per heavy atom. The van der Waals surface area contributed by atoms with Crippen LogP contribution in [0.4, 0.5) is 5.69 Å². The quantitative estimate of drug-likeness (QED) is 0.653. The third-order valence-corrected chi connectivity index (χ3v) is 1.72. The number of rotatable bonds is 1. The first-order valence-corrected chi connectivity index (χ1v) is 3.85. The lowest BCUT2D eigenvalue weighted by Gasteiger charge is -2.14. The summed E-state index contributed by atoms with van der Waals surface area (Å²) in [6.07, 6.45) is 0. The Morgan fingerprint density at radius 3 is 2.33 bits per heavy atom. The van der Waals surface area contributed by atoms with Crippen molar-refractivity contribution in [3.63, 3.8) is 0 Å². The van der Waals surface area contributed by atoms with Crippen LogP contribution >= 0.6 is 0 Å². The topological polar surface area (TPSA) is 58.1 Å². The summed E-state index contributed by atoms with van der Waals surface area (Å²) in [5, 5.41) is 9.74. The number of hydrogen-bond donors (Lipinski definition) is 1. The van der Waals surface area contributed by atoms with Crippen LogP contribution in [0.1, 0.15) is 32.2 Å². The largest absolute Gasteiger partial charge is 0.280 e. The van der Waals surface area contributed by atoms with E-state index in [9.17, 15) is 4.91 Å². The number of H-pyrrole nitrogens is 1. The third kappa shape index (κ3) is 1.37. The van der Waals surface area contributed by atoms with Crippen LogP contribution in [0.25, 0.3) is 0 Å². The fraction of sp³-hybridized carbons (Fsp3) is 0.625. The Hall–Kier alpha value is -1.19. The number of nitrogens with one attached hydrogen (secondary N) is 1. The average Bonchev–Trinajstić information content (AvgIpc) is 2.29. The van der Waals surface area contributed by atoms with Crippen molar-refractivity contribution in [2.24, 2.45) is 5.18 Å². The van der Waals surface area contributed by atoms with Crippen LogP contribution in [0.2, 0.25) is 0 Å². The van der Waals surface area contributed by atoms with Crippen LogP contribution in [0.3, 0.4) is 0 Å². The molecule has 1 aromatic heterocycles. The fourth-order valence-electron chi connectivity index (χ4n) is 1.06. The summed E-state index contributed by atoms with van der Waals surface area (Å²) in [7, 11) is 0. The van der Waals surface area contributed by atoms with E-state index in [1.165, 1.54) is 0 Å². The van der Waals surface area contributed by atoms with Gasteiger partial charge in [-0.25, -0.2) is 0 Å². The minimum atomic E-state index is -0.131. The summed E-state index contributed by atoms with van der Waals surface area (Å²) >= 11 is 0. The minimum absolute atomic E-state index is 0.131. The Morgan fingerprint density at radius 1 is 1.42 bits per heavy atom. The molecule has 0 amide bonds. The molecule has 1 rings (SSSR count). The summed E-state index contributed by atoms with van der Waals surface area (Å²) in [6.45, 7) is 7.78. The molecular formula is C8H13N3O. The van der Waals surface area contributed by atoms with E-state index in [2.05, 4.69) is 15.4 Å². The number of aryl methyl sites for hydroxylation is 1. The molecule has 66 valence electrons. The van der Waals surface area contributed by atoms with Crippen LogP contribution in [-0.2, 0) is 5.41 Å². The van der Waals surface area contributed by atoms with Gasteiger partial charge in [0.15, 0.2) is 5.69 Å². The Bertz CT molecular complexity index is 296. The zero-order valence-corrected chi connectivity index (χ0v) is 7.80. The van der Waals surface area contributed by atoms with Crippen LogP contribution in [-0.4, -0.2) is 10.2 Å². The fourth-order valence-corrected chi connectivity index (χ4v) is 1.06. The number of hydrogen-bond acceptors (Lipinski definition) is 3. The number of aromatic nitrogens is 2. The summed E-state index contributed by atoms with van der Waals surface area (Å²) in [4.78, 5) is 10.4. The maximum atomic E-state index is 10.4.